The third kappa shape index (κ3) is 31.3. The van der Waals surface area contributed by atoms with Crippen LogP contribution in [-0.4, -0.2) is 33.8 Å². The standard InChI is InChI=1S/C5H5N.C3H8O.CH2O2.H2O/c1-2-4-6-5-3-1;1-2-3-4;2-1-3;/h1-5H;4H,2-3H2,1H3;1H,(H,2,3);1H2. The molecule has 5 heteroatoms. The highest BCUT2D eigenvalue weighted by molar-refractivity contribution is 5.32. The van der Waals surface area contributed by atoms with Gasteiger partial charge in [0, 0.05) is 19.0 Å². The zero-order valence-corrected chi connectivity index (χ0v) is 8.13. The molecule has 0 saturated carbocycles. The molecule has 1 rings (SSSR count). The molecule has 0 radical (unpaired) electrons. The second-order valence-corrected chi connectivity index (χ2v) is 1.85. The van der Waals surface area contributed by atoms with Crippen LogP contribution in [-0.2, 0) is 4.79 Å². The maximum Gasteiger partial charge on any atom is 0.290 e. The van der Waals surface area contributed by atoms with Gasteiger partial charge in [-0.3, -0.25) is 9.78 Å². The Hall–Kier alpha value is -1.46. The number of aliphatic hydroxyl groups excluding tert-OH is 1. The molecule has 0 aliphatic heterocycles. The van der Waals surface area contributed by atoms with Crippen LogP contribution in [0.25, 0.3) is 0 Å². The van der Waals surface area contributed by atoms with Crippen molar-refractivity contribution in [1.82, 2.24) is 4.98 Å². The van der Waals surface area contributed by atoms with E-state index in [0.29, 0.717) is 6.61 Å². The number of rotatable bonds is 1. The molecule has 1 aromatic heterocycles. The van der Waals surface area contributed by atoms with Crippen LogP contribution in [0.3, 0.4) is 0 Å². The van der Waals surface area contributed by atoms with E-state index in [1.165, 1.54) is 0 Å². The Balaban J connectivity index is -0.000000135. The predicted molar refractivity (Wildman–Crippen MR) is 53.9 cm³/mol. The summed E-state index contributed by atoms with van der Waals surface area (Å²) in [6.45, 7) is 2.00. The minimum absolute atomic E-state index is 0. The fraction of sp³-hybridized carbons (Fsp3) is 0.333. The molecule has 0 saturated heterocycles. The van der Waals surface area contributed by atoms with E-state index in [9.17, 15) is 0 Å². The van der Waals surface area contributed by atoms with Gasteiger partial charge < -0.3 is 15.7 Å². The molecule has 0 aliphatic rings. The Morgan fingerprint density at radius 2 is 1.64 bits per heavy atom. The maximum atomic E-state index is 8.36. The molecular formula is C9H17NO4. The van der Waals surface area contributed by atoms with E-state index in [4.69, 9.17) is 15.0 Å². The van der Waals surface area contributed by atoms with Gasteiger partial charge in [0.15, 0.2) is 0 Å². The number of hydrogen-bond acceptors (Lipinski definition) is 3. The van der Waals surface area contributed by atoms with Gasteiger partial charge in [0.1, 0.15) is 0 Å². The van der Waals surface area contributed by atoms with E-state index in [2.05, 4.69) is 4.98 Å². The Kier molecular flexibility index (Phi) is 29.6. The van der Waals surface area contributed by atoms with Gasteiger partial charge in [0.2, 0.25) is 0 Å². The quantitative estimate of drug-likeness (QED) is 0.642. The SMILES string of the molecule is CCCO.O.O=CO.c1ccncc1. The molecule has 0 atom stereocenters. The van der Waals surface area contributed by atoms with Crippen LogP contribution in [0.4, 0.5) is 0 Å². The lowest BCUT2D eigenvalue weighted by atomic mass is 10.5. The summed E-state index contributed by atoms with van der Waals surface area (Å²) in [7, 11) is 0. The predicted octanol–water partition coefficient (Wildman–Crippen LogP) is 0.346. The Morgan fingerprint density at radius 1 is 1.29 bits per heavy atom. The molecule has 0 aromatic carbocycles. The summed E-state index contributed by atoms with van der Waals surface area (Å²) in [4.78, 5) is 12.1. The van der Waals surface area contributed by atoms with Gasteiger partial charge in [0.25, 0.3) is 6.47 Å². The summed E-state index contributed by atoms with van der Waals surface area (Å²) in [5, 5.41) is 14.8. The number of carbonyl (C=O) groups is 1. The molecule has 0 spiro atoms. The second-order valence-electron chi connectivity index (χ2n) is 1.85. The van der Waals surface area contributed by atoms with Gasteiger partial charge in [-0.1, -0.05) is 13.0 Å². The zero-order valence-electron chi connectivity index (χ0n) is 8.13. The largest absolute Gasteiger partial charge is 0.483 e. The average molecular weight is 203 g/mol. The number of aliphatic hydroxyl groups is 1. The first kappa shape index (κ1) is 18.3. The monoisotopic (exact) mass is 203 g/mol. The van der Waals surface area contributed by atoms with Gasteiger partial charge in [-0.25, -0.2) is 0 Å². The minimum atomic E-state index is -0.250. The Labute approximate surface area is 83.4 Å². The lowest BCUT2D eigenvalue weighted by Crippen LogP contribution is -1.69. The summed E-state index contributed by atoms with van der Waals surface area (Å²) >= 11 is 0. The molecule has 0 aliphatic carbocycles. The Bertz CT molecular complexity index is 141. The molecule has 1 heterocycles. The molecule has 5 nitrogen and oxygen atoms in total. The lowest BCUT2D eigenvalue weighted by molar-refractivity contribution is -0.122. The minimum Gasteiger partial charge on any atom is -0.483 e. The van der Waals surface area contributed by atoms with Crippen molar-refractivity contribution in [2.24, 2.45) is 0 Å². The highest BCUT2D eigenvalue weighted by atomic mass is 16.3. The van der Waals surface area contributed by atoms with E-state index in [1.54, 1.807) is 12.4 Å². The summed E-state index contributed by atoms with van der Waals surface area (Å²) in [6.07, 6.45) is 4.38. The van der Waals surface area contributed by atoms with Crippen molar-refractivity contribution in [3.8, 4) is 0 Å². The molecule has 0 amide bonds. The number of aromatic nitrogens is 1. The highest BCUT2D eigenvalue weighted by Crippen LogP contribution is 1.73. The molecule has 14 heavy (non-hydrogen) atoms. The summed E-state index contributed by atoms with van der Waals surface area (Å²) in [5.41, 5.74) is 0. The molecular weight excluding hydrogens is 186 g/mol. The van der Waals surface area contributed by atoms with Crippen molar-refractivity contribution in [3.63, 3.8) is 0 Å². The molecule has 0 bridgehead atoms. The summed E-state index contributed by atoms with van der Waals surface area (Å²) < 4.78 is 0. The van der Waals surface area contributed by atoms with Crippen LogP contribution in [0, 0.1) is 0 Å². The maximum absolute atomic E-state index is 8.36. The van der Waals surface area contributed by atoms with Crippen molar-refractivity contribution in [2.75, 3.05) is 6.61 Å². The average Bonchev–Trinajstić information content (AvgIpc) is 2.22. The first-order valence-electron chi connectivity index (χ1n) is 3.87. The van der Waals surface area contributed by atoms with Crippen molar-refractivity contribution < 1.29 is 20.5 Å². The molecule has 1 aromatic rings. The summed E-state index contributed by atoms with van der Waals surface area (Å²) in [6, 6.07) is 5.72. The zero-order chi connectivity index (χ0) is 10.4. The van der Waals surface area contributed by atoms with E-state index in [1.807, 2.05) is 25.1 Å². The lowest BCUT2D eigenvalue weighted by Gasteiger charge is -1.70. The van der Waals surface area contributed by atoms with Gasteiger partial charge in [-0.15, -0.1) is 0 Å². The van der Waals surface area contributed by atoms with Gasteiger partial charge in [-0.05, 0) is 18.6 Å². The smallest absolute Gasteiger partial charge is 0.290 e. The van der Waals surface area contributed by atoms with Crippen LogP contribution in [0.5, 0.6) is 0 Å². The molecule has 0 fully saturated rings. The molecule has 0 unspecified atom stereocenters. The highest BCUT2D eigenvalue weighted by Gasteiger charge is 1.58. The van der Waals surface area contributed by atoms with Crippen molar-refractivity contribution in [3.05, 3.63) is 30.6 Å². The first-order chi connectivity index (χ1) is 6.33. The molecule has 82 valence electrons. The van der Waals surface area contributed by atoms with E-state index in [-0.39, 0.29) is 11.9 Å². The van der Waals surface area contributed by atoms with Crippen LogP contribution in [0.2, 0.25) is 0 Å². The van der Waals surface area contributed by atoms with Crippen LogP contribution < -0.4 is 0 Å². The topological polar surface area (TPSA) is 102 Å². The van der Waals surface area contributed by atoms with Crippen molar-refractivity contribution in [2.45, 2.75) is 13.3 Å². The number of nitrogens with zero attached hydrogens (tertiary/aromatic N) is 1. The summed E-state index contributed by atoms with van der Waals surface area (Å²) in [5.74, 6) is 0. The number of hydrogen-bond donors (Lipinski definition) is 2. The van der Waals surface area contributed by atoms with Crippen molar-refractivity contribution >= 4 is 6.47 Å². The molecule has 4 N–H and O–H groups in total. The first-order valence-corrected chi connectivity index (χ1v) is 3.87. The number of pyridine rings is 1. The van der Waals surface area contributed by atoms with Crippen LogP contribution in [0.15, 0.2) is 30.6 Å². The number of carboxylic acid groups (broad SMARTS) is 1. The fourth-order valence-corrected chi connectivity index (χ4v) is 0.313. The third-order valence-corrected chi connectivity index (χ3v) is 0.790. The van der Waals surface area contributed by atoms with Crippen LogP contribution in [0.1, 0.15) is 13.3 Å². The third-order valence-electron chi connectivity index (χ3n) is 0.790. The second kappa shape index (κ2) is 22.5. The van der Waals surface area contributed by atoms with Gasteiger partial charge in [0.05, 0.1) is 0 Å². The normalized spacial score (nSPS) is 6.43. The Morgan fingerprint density at radius 3 is 1.71 bits per heavy atom. The van der Waals surface area contributed by atoms with E-state index in [0.717, 1.165) is 6.42 Å². The van der Waals surface area contributed by atoms with Crippen LogP contribution >= 0.6 is 0 Å². The van der Waals surface area contributed by atoms with E-state index >= 15 is 0 Å². The van der Waals surface area contributed by atoms with Gasteiger partial charge >= 0.3 is 0 Å². The van der Waals surface area contributed by atoms with Crippen molar-refractivity contribution in [1.29, 1.82) is 0 Å². The van der Waals surface area contributed by atoms with Gasteiger partial charge in [-0.2, -0.15) is 0 Å². The fourth-order valence-electron chi connectivity index (χ4n) is 0.313. The van der Waals surface area contributed by atoms with E-state index < -0.39 is 0 Å².